The van der Waals surface area contributed by atoms with Gasteiger partial charge in [-0.2, -0.15) is 13.2 Å². The van der Waals surface area contributed by atoms with Crippen LogP contribution in [-0.2, 0) is 0 Å². The number of benzene rings is 2. The molecule has 0 aliphatic rings. The van der Waals surface area contributed by atoms with Crippen LogP contribution in [0, 0.1) is 0 Å². The molecule has 0 amide bonds. The number of nitrogens with two attached hydrogens (primary N) is 1. The lowest BCUT2D eigenvalue weighted by Gasteiger charge is -2.16. The summed E-state index contributed by atoms with van der Waals surface area (Å²) >= 11 is 6.05. The molecule has 2 aromatic rings. The first-order valence-corrected chi connectivity index (χ1v) is 6.09. The van der Waals surface area contributed by atoms with E-state index in [2.05, 4.69) is 0 Å². The largest absolute Gasteiger partial charge is 0.481 e. The predicted octanol–water partition coefficient (Wildman–Crippen LogP) is 4.53. The van der Waals surface area contributed by atoms with Crippen molar-refractivity contribution in [1.29, 1.82) is 0 Å². The Morgan fingerprint density at radius 2 is 1.65 bits per heavy atom. The van der Waals surface area contributed by atoms with Gasteiger partial charge in [-0.05, 0) is 12.1 Å². The van der Waals surface area contributed by atoms with Crippen molar-refractivity contribution in [3.8, 4) is 16.9 Å². The molecule has 2 nitrogen and oxygen atoms in total. The molecule has 0 saturated carbocycles. The highest BCUT2D eigenvalue weighted by Crippen LogP contribution is 2.38. The van der Waals surface area contributed by atoms with Gasteiger partial charge in [-0.1, -0.05) is 41.9 Å². The van der Waals surface area contributed by atoms with Gasteiger partial charge in [0.1, 0.15) is 0 Å². The Labute approximate surface area is 118 Å². The van der Waals surface area contributed by atoms with Gasteiger partial charge in [-0.15, -0.1) is 0 Å². The van der Waals surface area contributed by atoms with E-state index in [1.807, 2.05) is 0 Å². The minimum atomic E-state index is -4.43. The van der Waals surface area contributed by atoms with E-state index in [0.29, 0.717) is 16.1 Å². The fraction of sp³-hybridized carbons (Fsp3) is 0.143. The number of ether oxygens (including phenoxy) is 1. The Bertz CT molecular complexity index is 614. The summed E-state index contributed by atoms with van der Waals surface area (Å²) in [5.74, 6) is -0.0158. The van der Waals surface area contributed by atoms with Gasteiger partial charge in [0.2, 0.25) is 0 Å². The summed E-state index contributed by atoms with van der Waals surface area (Å²) in [4.78, 5) is 0. The normalized spacial score (nSPS) is 11.4. The van der Waals surface area contributed by atoms with Crippen LogP contribution < -0.4 is 10.5 Å². The number of halogens is 4. The summed E-state index contributed by atoms with van der Waals surface area (Å²) in [6.45, 7) is -1.40. The number of nitrogen functional groups attached to an aromatic ring is 1. The van der Waals surface area contributed by atoms with Crippen LogP contribution in [0.3, 0.4) is 0 Å². The van der Waals surface area contributed by atoms with Crippen molar-refractivity contribution < 1.29 is 17.9 Å². The van der Waals surface area contributed by atoms with Gasteiger partial charge in [0.15, 0.2) is 12.4 Å². The molecule has 0 aliphatic carbocycles. The summed E-state index contributed by atoms with van der Waals surface area (Å²) < 4.78 is 41.7. The maximum atomic E-state index is 12.3. The molecule has 0 atom stereocenters. The minimum Gasteiger partial charge on any atom is -0.481 e. The Morgan fingerprint density at radius 3 is 2.30 bits per heavy atom. The average Bonchev–Trinajstić information content (AvgIpc) is 2.36. The van der Waals surface area contributed by atoms with Crippen molar-refractivity contribution in [1.82, 2.24) is 0 Å². The van der Waals surface area contributed by atoms with Crippen LogP contribution in [0.15, 0.2) is 42.5 Å². The summed E-state index contributed by atoms with van der Waals surface area (Å²) in [5, 5.41) is 0.412. The first kappa shape index (κ1) is 14.5. The van der Waals surface area contributed by atoms with E-state index in [4.69, 9.17) is 22.1 Å². The molecular weight excluding hydrogens is 291 g/mol. The second kappa shape index (κ2) is 5.63. The van der Waals surface area contributed by atoms with E-state index in [9.17, 15) is 13.2 Å². The smallest absolute Gasteiger partial charge is 0.422 e. The van der Waals surface area contributed by atoms with Crippen LogP contribution in [0.5, 0.6) is 5.75 Å². The van der Waals surface area contributed by atoms with E-state index in [-0.39, 0.29) is 11.4 Å². The van der Waals surface area contributed by atoms with E-state index < -0.39 is 12.8 Å². The number of rotatable bonds is 3. The van der Waals surface area contributed by atoms with Crippen LogP contribution in [-0.4, -0.2) is 12.8 Å². The Kier molecular flexibility index (Phi) is 4.09. The molecule has 20 heavy (non-hydrogen) atoms. The Morgan fingerprint density at radius 1 is 1.00 bits per heavy atom. The van der Waals surface area contributed by atoms with Crippen LogP contribution in [0.1, 0.15) is 0 Å². The third-order valence-electron chi connectivity index (χ3n) is 2.59. The van der Waals surface area contributed by atoms with E-state index in [0.717, 1.165) is 0 Å². The summed E-state index contributed by atoms with van der Waals surface area (Å²) in [7, 11) is 0. The van der Waals surface area contributed by atoms with Crippen molar-refractivity contribution in [2.45, 2.75) is 6.18 Å². The van der Waals surface area contributed by atoms with Crippen molar-refractivity contribution >= 4 is 17.3 Å². The average molecular weight is 302 g/mol. The van der Waals surface area contributed by atoms with Gasteiger partial charge < -0.3 is 10.5 Å². The first-order chi connectivity index (χ1) is 9.38. The first-order valence-electron chi connectivity index (χ1n) is 5.71. The number of hydrogen-bond donors (Lipinski definition) is 1. The third-order valence-corrected chi connectivity index (χ3v) is 2.92. The standard InChI is InChI=1S/C14H11ClF3NO/c15-11-6-2-1-4-9(11)10-5-3-7-12(19)13(10)20-8-14(16,17)18/h1-7H,8,19H2. The van der Waals surface area contributed by atoms with Gasteiger partial charge in [0, 0.05) is 16.1 Å². The Balaban J connectivity index is 2.44. The summed E-state index contributed by atoms with van der Waals surface area (Å²) in [5.41, 5.74) is 6.83. The molecule has 2 N–H and O–H groups in total. The zero-order valence-electron chi connectivity index (χ0n) is 10.2. The Hall–Kier alpha value is -1.88. The number of anilines is 1. The lowest BCUT2D eigenvalue weighted by molar-refractivity contribution is -0.153. The summed E-state index contributed by atoms with van der Waals surface area (Å²) in [6, 6.07) is 11.5. The zero-order chi connectivity index (χ0) is 14.8. The highest BCUT2D eigenvalue weighted by atomic mass is 35.5. The second-order valence-electron chi connectivity index (χ2n) is 4.11. The zero-order valence-corrected chi connectivity index (χ0v) is 11.0. The van der Waals surface area contributed by atoms with Crippen LogP contribution in [0.4, 0.5) is 18.9 Å². The molecule has 2 aromatic carbocycles. The molecule has 106 valence electrons. The van der Waals surface area contributed by atoms with E-state index in [1.165, 1.54) is 6.07 Å². The highest BCUT2D eigenvalue weighted by molar-refractivity contribution is 6.33. The number of para-hydroxylation sites is 1. The predicted molar refractivity (Wildman–Crippen MR) is 72.9 cm³/mol. The van der Waals surface area contributed by atoms with Gasteiger partial charge in [0.25, 0.3) is 0 Å². The quantitative estimate of drug-likeness (QED) is 0.845. The topological polar surface area (TPSA) is 35.2 Å². The molecule has 0 unspecified atom stereocenters. The monoisotopic (exact) mass is 301 g/mol. The van der Waals surface area contributed by atoms with Crippen LogP contribution in [0.2, 0.25) is 5.02 Å². The lowest BCUT2D eigenvalue weighted by Crippen LogP contribution is -2.20. The van der Waals surface area contributed by atoms with E-state index in [1.54, 1.807) is 36.4 Å². The SMILES string of the molecule is Nc1cccc(-c2ccccc2Cl)c1OCC(F)(F)F. The van der Waals surface area contributed by atoms with Crippen molar-refractivity contribution in [2.24, 2.45) is 0 Å². The molecule has 6 heteroatoms. The maximum absolute atomic E-state index is 12.3. The molecule has 2 rings (SSSR count). The van der Waals surface area contributed by atoms with Crippen molar-refractivity contribution in [2.75, 3.05) is 12.3 Å². The van der Waals surface area contributed by atoms with Gasteiger partial charge >= 0.3 is 6.18 Å². The fourth-order valence-electron chi connectivity index (χ4n) is 1.76. The molecular formula is C14H11ClF3NO. The lowest BCUT2D eigenvalue weighted by atomic mass is 10.0. The van der Waals surface area contributed by atoms with E-state index >= 15 is 0 Å². The minimum absolute atomic E-state index is 0.0158. The molecule has 0 spiro atoms. The number of hydrogen-bond acceptors (Lipinski definition) is 2. The summed E-state index contributed by atoms with van der Waals surface area (Å²) in [6.07, 6.45) is -4.43. The van der Waals surface area contributed by atoms with Crippen LogP contribution >= 0.6 is 11.6 Å². The molecule has 0 aromatic heterocycles. The third kappa shape index (κ3) is 3.36. The van der Waals surface area contributed by atoms with Crippen molar-refractivity contribution in [3.63, 3.8) is 0 Å². The molecule has 0 aliphatic heterocycles. The van der Waals surface area contributed by atoms with Crippen LogP contribution in [0.25, 0.3) is 11.1 Å². The second-order valence-corrected chi connectivity index (χ2v) is 4.51. The molecule has 0 heterocycles. The maximum Gasteiger partial charge on any atom is 0.422 e. The highest BCUT2D eigenvalue weighted by Gasteiger charge is 2.29. The molecule has 0 radical (unpaired) electrons. The molecule has 0 saturated heterocycles. The van der Waals surface area contributed by atoms with Gasteiger partial charge in [-0.3, -0.25) is 0 Å². The molecule has 0 fully saturated rings. The fourth-order valence-corrected chi connectivity index (χ4v) is 2.00. The van der Waals surface area contributed by atoms with Gasteiger partial charge in [-0.25, -0.2) is 0 Å². The van der Waals surface area contributed by atoms with Gasteiger partial charge in [0.05, 0.1) is 5.69 Å². The number of alkyl halides is 3. The van der Waals surface area contributed by atoms with Crippen molar-refractivity contribution in [3.05, 3.63) is 47.5 Å². The molecule has 0 bridgehead atoms.